The molecule has 0 fully saturated rings. The SMILES string of the molecule is COC(=O)C(c1cc(OC)ccc1C(=O)O)C(NC(=O)c1ccc(OC)cc1)(c1ccccc1)c1ccccc1. The molecule has 0 saturated carbocycles. The molecule has 4 aromatic rings. The van der Waals surface area contributed by atoms with E-state index in [1.165, 1.54) is 39.5 Å². The minimum Gasteiger partial charge on any atom is -0.497 e. The fourth-order valence-electron chi connectivity index (χ4n) is 4.87. The average Bonchev–Trinajstić information content (AvgIpc) is 3.01. The van der Waals surface area contributed by atoms with Crippen molar-refractivity contribution in [3.63, 3.8) is 0 Å². The molecule has 0 aliphatic heterocycles. The van der Waals surface area contributed by atoms with Gasteiger partial charge in [-0.2, -0.15) is 0 Å². The van der Waals surface area contributed by atoms with E-state index in [1.54, 1.807) is 72.8 Å². The van der Waals surface area contributed by atoms with Gasteiger partial charge in [0.1, 0.15) is 23.0 Å². The zero-order chi connectivity index (χ0) is 28.7. The zero-order valence-corrected chi connectivity index (χ0v) is 22.3. The molecule has 0 saturated heterocycles. The monoisotopic (exact) mass is 539 g/mol. The van der Waals surface area contributed by atoms with Gasteiger partial charge in [0.05, 0.1) is 26.9 Å². The Morgan fingerprint density at radius 3 is 1.73 bits per heavy atom. The number of carbonyl (C=O) groups excluding carboxylic acids is 2. The maximum atomic E-state index is 14.0. The Hall–Kier alpha value is -5.11. The molecule has 0 spiro atoms. The number of amides is 1. The van der Waals surface area contributed by atoms with Gasteiger partial charge < -0.3 is 24.6 Å². The minimum absolute atomic E-state index is 0.112. The molecule has 0 aromatic heterocycles. The molecule has 0 aliphatic carbocycles. The van der Waals surface area contributed by atoms with Crippen molar-refractivity contribution < 1.29 is 33.7 Å². The maximum Gasteiger partial charge on any atom is 0.335 e. The number of hydrogen-bond donors (Lipinski definition) is 2. The van der Waals surface area contributed by atoms with Crippen molar-refractivity contribution in [3.05, 3.63) is 131 Å². The third-order valence-corrected chi connectivity index (χ3v) is 6.79. The number of hydrogen-bond acceptors (Lipinski definition) is 6. The molecule has 4 aromatic carbocycles. The summed E-state index contributed by atoms with van der Waals surface area (Å²) >= 11 is 0. The van der Waals surface area contributed by atoms with Gasteiger partial charge >= 0.3 is 11.9 Å². The van der Waals surface area contributed by atoms with E-state index in [4.69, 9.17) is 14.2 Å². The molecule has 4 rings (SSSR count). The summed E-state index contributed by atoms with van der Waals surface area (Å²) in [6, 6.07) is 28.8. The van der Waals surface area contributed by atoms with Crippen LogP contribution in [0.2, 0.25) is 0 Å². The highest BCUT2D eigenvalue weighted by Crippen LogP contribution is 2.45. The van der Waals surface area contributed by atoms with Crippen molar-refractivity contribution >= 4 is 17.8 Å². The van der Waals surface area contributed by atoms with E-state index in [1.807, 2.05) is 12.1 Å². The van der Waals surface area contributed by atoms with Crippen LogP contribution in [0.25, 0.3) is 0 Å². The molecule has 0 bridgehead atoms. The van der Waals surface area contributed by atoms with E-state index < -0.39 is 29.3 Å². The summed E-state index contributed by atoms with van der Waals surface area (Å²) in [4.78, 5) is 40.3. The van der Waals surface area contributed by atoms with Gasteiger partial charge in [-0.15, -0.1) is 0 Å². The number of carboxylic acid groups (broad SMARTS) is 1. The number of rotatable bonds is 10. The maximum absolute atomic E-state index is 14.0. The van der Waals surface area contributed by atoms with E-state index in [-0.39, 0.29) is 11.1 Å². The summed E-state index contributed by atoms with van der Waals surface area (Å²) in [6.07, 6.45) is 0. The van der Waals surface area contributed by atoms with Gasteiger partial charge in [0.25, 0.3) is 5.91 Å². The second kappa shape index (κ2) is 12.2. The average molecular weight is 540 g/mol. The Kier molecular flexibility index (Phi) is 8.49. The second-order valence-electron chi connectivity index (χ2n) is 8.94. The number of methoxy groups -OCH3 is 3. The number of benzene rings is 4. The van der Waals surface area contributed by atoms with Crippen molar-refractivity contribution in [3.8, 4) is 11.5 Å². The first-order valence-electron chi connectivity index (χ1n) is 12.4. The number of carbonyl (C=O) groups is 3. The molecule has 0 radical (unpaired) electrons. The Balaban J connectivity index is 2.08. The van der Waals surface area contributed by atoms with Crippen LogP contribution in [0.3, 0.4) is 0 Å². The van der Waals surface area contributed by atoms with Crippen LogP contribution < -0.4 is 14.8 Å². The summed E-state index contributed by atoms with van der Waals surface area (Å²) in [5.74, 6) is -2.93. The van der Waals surface area contributed by atoms with E-state index >= 15 is 0 Å². The van der Waals surface area contributed by atoms with Crippen LogP contribution in [0.15, 0.2) is 103 Å². The molecule has 1 atom stereocenters. The van der Waals surface area contributed by atoms with Gasteiger partial charge in [-0.25, -0.2) is 4.79 Å². The summed E-state index contributed by atoms with van der Waals surface area (Å²) in [5.41, 5.74) is -0.240. The normalized spacial score (nSPS) is 11.7. The van der Waals surface area contributed by atoms with Crippen LogP contribution in [0, 0.1) is 0 Å². The van der Waals surface area contributed by atoms with Gasteiger partial charge in [-0.3, -0.25) is 9.59 Å². The Morgan fingerprint density at radius 2 is 1.25 bits per heavy atom. The molecule has 1 unspecified atom stereocenters. The molecule has 8 nitrogen and oxygen atoms in total. The number of ether oxygens (including phenoxy) is 3. The van der Waals surface area contributed by atoms with Gasteiger partial charge in [0, 0.05) is 5.56 Å². The highest BCUT2D eigenvalue weighted by Gasteiger charge is 2.50. The lowest BCUT2D eigenvalue weighted by atomic mass is 9.69. The molecule has 2 N–H and O–H groups in total. The predicted octanol–water partition coefficient (Wildman–Crippen LogP) is 5.03. The lowest BCUT2D eigenvalue weighted by molar-refractivity contribution is -0.144. The van der Waals surface area contributed by atoms with E-state index in [0.29, 0.717) is 28.2 Å². The highest BCUT2D eigenvalue weighted by atomic mass is 16.5. The van der Waals surface area contributed by atoms with Gasteiger partial charge in [-0.05, 0) is 59.2 Å². The fraction of sp³-hybridized carbons (Fsp3) is 0.156. The van der Waals surface area contributed by atoms with Crippen LogP contribution >= 0.6 is 0 Å². The molecule has 0 aliphatic rings. The second-order valence-corrected chi connectivity index (χ2v) is 8.94. The third kappa shape index (κ3) is 5.37. The zero-order valence-electron chi connectivity index (χ0n) is 22.3. The molecule has 0 heterocycles. The van der Waals surface area contributed by atoms with Crippen molar-refractivity contribution in [2.45, 2.75) is 11.5 Å². The van der Waals surface area contributed by atoms with E-state index in [2.05, 4.69) is 5.32 Å². The Bertz CT molecular complexity index is 1450. The molecular weight excluding hydrogens is 510 g/mol. The summed E-state index contributed by atoms with van der Waals surface area (Å²) in [6.45, 7) is 0. The lowest BCUT2D eigenvalue weighted by Gasteiger charge is -2.42. The smallest absolute Gasteiger partial charge is 0.335 e. The van der Waals surface area contributed by atoms with Crippen molar-refractivity contribution in [1.29, 1.82) is 0 Å². The molecule has 8 heteroatoms. The topological polar surface area (TPSA) is 111 Å². The number of aromatic carboxylic acids is 1. The van der Waals surface area contributed by atoms with Crippen molar-refractivity contribution in [2.24, 2.45) is 0 Å². The van der Waals surface area contributed by atoms with E-state index in [9.17, 15) is 19.5 Å². The first kappa shape index (κ1) is 27.9. The molecule has 204 valence electrons. The molecule has 1 amide bonds. The van der Waals surface area contributed by atoms with Crippen LogP contribution in [-0.2, 0) is 15.1 Å². The Labute approximate surface area is 232 Å². The highest BCUT2D eigenvalue weighted by molar-refractivity contribution is 5.98. The first-order chi connectivity index (χ1) is 19.3. The van der Waals surface area contributed by atoms with Crippen LogP contribution in [-0.4, -0.2) is 44.3 Å². The van der Waals surface area contributed by atoms with Crippen molar-refractivity contribution in [1.82, 2.24) is 5.32 Å². The summed E-state index contributed by atoms with van der Waals surface area (Å²) in [7, 11) is 4.20. The lowest BCUT2D eigenvalue weighted by Crippen LogP contribution is -2.53. The van der Waals surface area contributed by atoms with Crippen molar-refractivity contribution in [2.75, 3.05) is 21.3 Å². The van der Waals surface area contributed by atoms with Gasteiger partial charge in [0.15, 0.2) is 0 Å². The number of nitrogens with one attached hydrogen (secondary N) is 1. The standard InChI is InChI=1S/C32H29NO7/c1-38-24-16-14-21(15-17-24)29(34)33-32(22-10-6-4-7-11-22,23-12-8-5-9-13-23)28(31(37)40-3)27-20-25(39-2)18-19-26(27)30(35)36/h4-20,28H,1-3H3,(H,33,34)(H,35,36). The summed E-state index contributed by atoms with van der Waals surface area (Å²) in [5, 5.41) is 13.3. The quantitative estimate of drug-likeness (QED) is 0.272. The summed E-state index contributed by atoms with van der Waals surface area (Å²) < 4.78 is 15.9. The Morgan fingerprint density at radius 1 is 0.725 bits per heavy atom. The minimum atomic E-state index is -1.61. The number of esters is 1. The van der Waals surface area contributed by atoms with Gasteiger partial charge in [0.2, 0.25) is 0 Å². The molecular formula is C32H29NO7. The predicted molar refractivity (Wildman–Crippen MR) is 149 cm³/mol. The number of carboxylic acids is 1. The van der Waals surface area contributed by atoms with Crippen LogP contribution in [0.4, 0.5) is 0 Å². The third-order valence-electron chi connectivity index (χ3n) is 6.79. The van der Waals surface area contributed by atoms with Crippen LogP contribution in [0.1, 0.15) is 43.3 Å². The fourth-order valence-corrected chi connectivity index (χ4v) is 4.87. The molecule has 40 heavy (non-hydrogen) atoms. The largest absolute Gasteiger partial charge is 0.497 e. The van der Waals surface area contributed by atoms with Crippen LogP contribution in [0.5, 0.6) is 11.5 Å². The van der Waals surface area contributed by atoms with Gasteiger partial charge in [-0.1, -0.05) is 60.7 Å². The first-order valence-corrected chi connectivity index (χ1v) is 12.4. The van der Waals surface area contributed by atoms with E-state index in [0.717, 1.165) is 0 Å².